The van der Waals surface area contributed by atoms with Gasteiger partial charge in [0.25, 0.3) is 5.91 Å². The van der Waals surface area contributed by atoms with Gasteiger partial charge in [-0.25, -0.2) is 18.1 Å². The first-order valence-electron chi connectivity index (χ1n) is 10.5. The quantitative estimate of drug-likeness (QED) is 0.810. The van der Waals surface area contributed by atoms with Crippen molar-refractivity contribution in [2.75, 3.05) is 31.1 Å². The highest BCUT2D eigenvalue weighted by Crippen LogP contribution is 2.23. The highest BCUT2D eigenvalue weighted by atomic mass is 32.2. The zero-order chi connectivity index (χ0) is 19.6. The van der Waals surface area contributed by atoms with Crippen molar-refractivity contribution in [3.05, 3.63) is 23.9 Å². The van der Waals surface area contributed by atoms with E-state index in [9.17, 15) is 13.2 Å². The maximum absolute atomic E-state index is 12.9. The summed E-state index contributed by atoms with van der Waals surface area (Å²) in [7, 11) is -3.40. The van der Waals surface area contributed by atoms with Crippen LogP contribution < -0.4 is 9.62 Å². The first-order valence-corrected chi connectivity index (χ1v) is 12.1. The molecule has 3 heterocycles. The molecule has 4 rings (SSSR count). The molecule has 0 unspecified atom stereocenters. The first-order chi connectivity index (χ1) is 13.5. The number of hydrogen-bond acceptors (Lipinski definition) is 5. The van der Waals surface area contributed by atoms with Crippen molar-refractivity contribution in [1.82, 2.24) is 14.6 Å². The second-order valence-electron chi connectivity index (χ2n) is 8.26. The van der Waals surface area contributed by atoms with Gasteiger partial charge < -0.3 is 9.80 Å². The van der Waals surface area contributed by atoms with E-state index in [0.717, 1.165) is 44.6 Å². The summed E-state index contributed by atoms with van der Waals surface area (Å²) >= 11 is 0. The second kappa shape index (κ2) is 8.37. The van der Waals surface area contributed by atoms with Crippen molar-refractivity contribution in [3.63, 3.8) is 0 Å². The number of pyridine rings is 1. The van der Waals surface area contributed by atoms with Gasteiger partial charge in [-0.1, -0.05) is 12.8 Å². The van der Waals surface area contributed by atoms with E-state index in [0.29, 0.717) is 24.9 Å². The normalized spacial score (nSPS) is 24.1. The molecule has 2 aliphatic heterocycles. The van der Waals surface area contributed by atoms with E-state index in [4.69, 9.17) is 0 Å². The lowest BCUT2D eigenvalue weighted by molar-refractivity contribution is 0.0726. The number of hydrogen-bond donors (Lipinski definition) is 1. The second-order valence-corrected chi connectivity index (χ2v) is 10.3. The fraction of sp³-hybridized carbons (Fsp3) is 0.700. The zero-order valence-electron chi connectivity index (χ0n) is 16.3. The fourth-order valence-electron chi connectivity index (χ4n) is 4.58. The number of rotatable bonds is 5. The van der Waals surface area contributed by atoms with Crippen LogP contribution in [-0.2, 0) is 10.0 Å². The minimum atomic E-state index is -3.40. The zero-order valence-corrected chi connectivity index (χ0v) is 17.2. The summed E-state index contributed by atoms with van der Waals surface area (Å²) in [5, 5.41) is -0.525. The van der Waals surface area contributed by atoms with Crippen LogP contribution in [0.3, 0.4) is 0 Å². The van der Waals surface area contributed by atoms with Gasteiger partial charge in [0.05, 0.1) is 10.8 Å². The maximum Gasteiger partial charge on any atom is 0.255 e. The summed E-state index contributed by atoms with van der Waals surface area (Å²) in [6.45, 7) is 2.89. The molecule has 3 aliphatic rings. The number of nitrogens with one attached hydrogen (secondary N) is 1. The van der Waals surface area contributed by atoms with Gasteiger partial charge in [0, 0.05) is 38.4 Å². The summed E-state index contributed by atoms with van der Waals surface area (Å²) in [6, 6.07) is 3.79. The molecule has 28 heavy (non-hydrogen) atoms. The molecule has 0 spiro atoms. The summed E-state index contributed by atoms with van der Waals surface area (Å²) < 4.78 is 28.4. The van der Waals surface area contributed by atoms with Gasteiger partial charge in [-0.15, -0.1) is 0 Å². The topological polar surface area (TPSA) is 82.6 Å². The van der Waals surface area contributed by atoms with E-state index in [1.165, 1.54) is 12.8 Å². The van der Waals surface area contributed by atoms with Crippen LogP contribution in [0.15, 0.2) is 18.3 Å². The Morgan fingerprint density at radius 2 is 1.75 bits per heavy atom. The van der Waals surface area contributed by atoms with Crippen LogP contribution in [0.1, 0.15) is 61.7 Å². The van der Waals surface area contributed by atoms with E-state index in [2.05, 4.69) is 14.6 Å². The Balaban J connectivity index is 1.40. The summed E-state index contributed by atoms with van der Waals surface area (Å²) in [4.78, 5) is 21.3. The third-order valence-electron chi connectivity index (χ3n) is 6.22. The summed E-state index contributed by atoms with van der Waals surface area (Å²) in [5.41, 5.74) is 0.532. The lowest BCUT2D eigenvalue weighted by Crippen LogP contribution is -2.49. The molecule has 1 amide bonds. The molecule has 0 bridgehead atoms. The van der Waals surface area contributed by atoms with Crippen molar-refractivity contribution in [3.8, 4) is 0 Å². The van der Waals surface area contributed by atoms with Crippen LogP contribution in [-0.4, -0.2) is 61.7 Å². The number of nitrogens with zero attached hydrogens (tertiary/aromatic N) is 3. The predicted octanol–water partition coefficient (Wildman–Crippen LogP) is 2.15. The number of carbonyl (C=O) groups excluding carboxylic acids is 1. The fourth-order valence-corrected chi connectivity index (χ4v) is 6.32. The highest BCUT2D eigenvalue weighted by molar-refractivity contribution is 7.90. The van der Waals surface area contributed by atoms with E-state index in [1.807, 2.05) is 12.1 Å². The van der Waals surface area contributed by atoms with Gasteiger partial charge in [0.15, 0.2) is 0 Å². The van der Waals surface area contributed by atoms with Gasteiger partial charge in [-0.2, -0.15) is 0 Å². The molecule has 1 N–H and O–H groups in total. The molecule has 0 radical (unpaired) electrons. The molecular formula is C20H30N4O3S. The molecule has 1 saturated carbocycles. The number of carbonyl (C=O) groups is 1. The van der Waals surface area contributed by atoms with Gasteiger partial charge in [-0.05, 0) is 50.7 Å². The molecule has 1 aromatic heterocycles. The lowest BCUT2D eigenvalue weighted by atomic mass is 10.1. The van der Waals surface area contributed by atoms with Gasteiger partial charge >= 0.3 is 0 Å². The number of aromatic nitrogens is 1. The smallest absolute Gasteiger partial charge is 0.255 e. The molecule has 154 valence electrons. The average molecular weight is 407 g/mol. The Morgan fingerprint density at radius 1 is 1.00 bits per heavy atom. The van der Waals surface area contributed by atoms with E-state index in [1.54, 1.807) is 11.1 Å². The maximum atomic E-state index is 12.9. The minimum Gasteiger partial charge on any atom is -0.357 e. The molecular weight excluding hydrogens is 376 g/mol. The Bertz CT molecular complexity index is 784. The van der Waals surface area contributed by atoms with Crippen LogP contribution in [0.2, 0.25) is 0 Å². The molecule has 1 atom stereocenters. The number of amides is 1. The van der Waals surface area contributed by atoms with Crippen molar-refractivity contribution >= 4 is 21.7 Å². The largest absolute Gasteiger partial charge is 0.357 e. The third kappa shape index (κ3) is 4.33. The molecule has 8 heteroatoms. The Kier molecular flexibility index (Phi) is 5.87. The predicted molar refractivity (Wildman–Crippen MR) is 109 cm³/mol. The van der Waals surface area contributed by atoms with Crippen molar-refractivity contribution in [1.29, 1.82) is 0 Å². The number of piperidine rings is 1. The molecule has 3 fully saturated rings. The summed E-state index contributed by atoms with van der Waals surface area (Å²) in [5.74, 6) is 0.787. The van der Waals surface area contributed by atoms with Gasteiger partial charge in [0.1, 0.15) is 5.82 Å². The van der Waals surface area contributed by atoms with E-state index in [-0.39, 0.29) is 18.5 Å². The van der Waals surface area contributed by atoms with Crippen LogP contribution in [0, 0.1) is 0 Å². The Morgan fingerprint density at radius 3 is 2.43 bits per heavy atom. The minimum absolute atomic E-state index is 0.0680. The van der Waals surface area contributed by atoms with Gasteiger partial charge in [-0.3, -0.25) is 4.79 Å². The Hall–Kier alpha value is -1.67. The van der Waals surface area contributed by atoms with Crippen LogP contribution in [0.5, 0.6) is 0 Å². The average Bonchev–Trinajstić information content (AvgIpc) is 3.41. The SMILES string of the molecule is O=C(c1ccc(N2CCCC2)nc1)N1CCC[C@H](S(=O)(=O)NC2CCCC2)C1. The monoisotopic (exact) mass is 406 g/mol. The third-order valence-corrected chi connectivity index (χ3v) is 8.14. The number of sulfonamides is 1. The number of likely N-dealkylation sites (tertiary alicyclic amines) is 1. The molecule has 0 aromatic carbocycles. The molecule has 1 aromatic rings. The van der Waals surface area contributed by atoms with Crippen molar-refractivity contribution < 1.29 is 13.2 Å². The number of anilines is 1. The molecule has 1 aliphatic carbocycles. The van der Waals surface area contributed by atoms with E-state index < -0.39 is 15.3 Å². The molecule has 2 saturated heterocycles. The van der Waals surface area contributed by atoms with Crippen molar-refractivity contribution in [2.45, 2.75) is 62.7 Å². The van der Waals surface area contributed by atoms with Crippen LogP contribution in [0.4, 0.5) is 5.82 Å². The summed E-state index contributed by atoms with van der Waals surface area (Å²) in [6.07, 6.45) is 9.32. The molecule has 7 nitrogen and oxygen atoms in total. The lowest BCUT2D eigenvalue weighted by Gasteiger charge is -2.33. The first kappa shape index (κ1) is 19.6. The van der Waals surface area contributed by atoms with Crippen molar-refractivity contribution in [2.24, 2.45) is 0 Å². The van der Waals surface area contributed by atoms with E-state index >= 15 is 0 Å². The van der Waals surface area contributed by atoms with Crippen LogP contribution in [0.25, 0.3) is 0 Å². The standard InChI is InChI=1S/C20H30N4O3S/c25-20(16-9-10-19(21-14-16)23-11-3-4-12-23)24-13-5-8-18(15-24)28(26,27)22-17-6-1-2-7-17/h9-10,14,17-18,22H,1-8,11-13,15H2/t18-/m0/s1. The highest BCUT2D eigenvalue weighted by Gasteiger charge is 2.34. The van der Waals surface area contributed by atoms with Gasteiger partial charge in [0.2, 0.25) is 10.0 Å². The Labute approximate surface area is 167 Å². The van der Waals surface area contributed by atoms with Crippen LogP contribution >= 0.6 is 0 Å².